The van der Waals surface area contributed by atoms with E-state index in [9.17, 15) is 19.5 Å². The second kappa shape index (κ2) is 6.87. The Hall–Kier alpha value is -2.15. The minimum Gasteiger partial charge on any atom is -0.481 e. The van der Waals surface area contributed by atoms with Crippen molar-refractivity contribution in [2.24, 2.45) is 23.7 Å². The lowest BCUT2D eigenvalue weighted by molar-refractivity contribution is -0.146. The van der Waals surface area contributed by atoms with E-state index >= 15 is 0 Å². The van der Waals surface area contributed by atoms with Gasteiger partial charge in [0.15, 0.2) is 0 Å². The van der Waals surface area contributed by atoms with E-state index in [4.69, 9.17) is 4.74 Å². The summed E-state index contributed by atoms with van der Waals surface area (Å²) in [6.07, 6.45) is 4.27. The third-order valence-electron chi connectivity index (χ3n) is 5.22. The van der Waals surface area contributed by atoms with Gasteiger partial charge >= 0.3 is 11.9 Å². The Balaban J connectivity index is 1.86. The number of aryl methyl sites for hydroxylation is 1. The fourth-order valence-corrected chi connectivity index (χ4v) is 5.00. The number of carbonyl (C=O) groups is 3. The van der Waals surface area contributed by atoms with Crippen molar-refractivity contribution in [3.8, 4) is 0 Å². The van der Waals surface area contributed by atoms with Crippen LogP contribution in [-0.4, -0.2) is 29.1 Å². The molecule has 7 heteroatoms. The molecule has 2 aliphatic rings. The minimum atomic E-state index is -0.944. The van der Waals surface area contributed by atoms with E-state index in [0.717, 1.165) is 10.4 Å². The van der Waals surface area contributed by atoms with Crippen LogP contribution in [0.4, 0.5) is 5.00 Å². The number of carboxylic acid groups (broad SMARTS) is 1. The first-order chi connectivity index (χ1) is 12.2. The zero-order chi connectivity index (χ0) is 19.2. The standard InChI is InChI=1S/C19H23NO5S/c1-8(2)25-19(24)13-9(3)10(4)26-17(13)20-16(21)14-11-5-6-12(7-11)15(14)18(22)23/h5-6,8,11-12,14-15H,7H2,1-4H3,(H,20,21)(H,22,23)/t11-,12+,14-,15-/m0/s1. The fraction of sp³-hybridized carbons (Fsp3) is 0.526. The third kappa shape index (κ3) is 3.16. The molecule has 6 nitrogen and oxygen atoms in total. The van der Waals surface area contributed by atoms with Crippen molar-refractivity contribution in [2.75, 3.05) is 5.32 Å². The van der Waals surface area contributed by atoms with Crippen molar-refractivity contribution in [3.05, 3.63) is 28.2 Å². The molecule has 3 rings (SSSR count). The zero-order valence-electron chi connectivity index (χ0n) is 15.2. The SMILES string of the molecule is Cc1sc(NC(=O)[C@@H]2[C@@H](C(=O)O)[C@@H]3C=C[C@H]2C3)c(C(=O)OC(C)C)c1C. The van der Waals surface area contributed by atoms with E-state index in [2.05, 4.69) is 5.32 Å². The van der Waals surface area contributed by atoms with Crippen LogP contribution in [0.3, 0.4) is 0 Å². The van der Waals surface area contributed by atoms with Crippen molar-refractivity contribution < 1.29 is 24.2 Å². The number of hydrogen-bond donors (Lipinski definition) is 2. The number of anilines is 1. The van der Waals surface area contributed by atoms with Crippen LogP contribution < -0.4 is 5.32 Å². The Morgan fingerprint density at radius 1 is 1.19 bits per heavy atom. The van der Waals surface area contributed by atoms with E-state index in [0.29, 0.717) is 17.0 Å². The normalized spacial score (nSPS) is 26.3. The second-order valence-corrected chi connectivity index (χ2v) is 8.49. The van der Waals surface area contributed by atoms with Crippen LogP contribution in [-0.2, 0) is 14.3 Å². The molecule has 140 valence electrons. The smallest absolute Gasteiger partial charge is 0.341 e. The number of thiophene rings is 1. The number of amides is 1. The molecule has 1 saturated carbocycles. The first-order valence-corrected chi connectivity index (χ1v) is 9.55. The van der Waals surface area contributed by atoms with Gasteiger partial charge in [-0.15, -0.1) is 11.3 Å². The molecule has 0 aliphatic heterocycles. The van der Waals surface area contributed by atoms with Crippen molar-refractivity contribution in [1.82, 2.24) is 0 Å². The van der Waals surface area contributed by atoms with Crippen LogP contribution >= 0.6 is 11.3 Å². The van der Waals surface area contributed by atoms with Crippen LogP contribution in [0.1, 0.15) is 41.1 Å². The predicted molar refractivity (Wildman–Crippen MR) is 98.3 cm³/mol. The summed E-state index contributed by atoms with van der Waals surface area (Å²) in [4.78, 5) is 37.9. The van der Waals surface area contributed by atoms with Crippen LogP contribution in [0.5, 0.6) is 0 Å². The molecule has 1 amide bonds. The molecular weight excluding hydrogens is 354 g/mol. The molecule has 1 aromatic heterocycles. The lowest BCUT2D eigenvalue weighted by Crippen LogP contribution is -2.36. The number of hydrogen-bond acceptors (Lipinski definition) is 5. The van der Waals surface area contributed by atoms with Crippen LogP contribution in [0, 0.1) is 37.5 Å². The topological polar surface area (TPSA) is 92.7 Å². The number of nitrogens with one attached hydrogen (secondary N) is 1. The van der Waals surface area contributed by atoms with E-state index in [1.54, 1.807) is 13.8 Å². The van der Waals surface area contributed by atoms with E-state index in [1.807, 2.05) is 26.0 Å². The summed E-state index contributed by atoms with van der Waals surface area (Å²) in [7, 11) is 0. The number of rotatable bonds is 5. The molecule has 0 unspecified atom stereocenters. The molecule has 0 radical (unpaired) electrons. The van der Waals surface area contributed by atoms with Gasteiger partial charge in [-0.2, -0.15) is 0 Å². The average Bonchev–Trinajstić information content (AvgIpc) is 3.20. The molecule has 0 aromatic carbocycles. The highest BCUT2D eigenvalue weighted by atomic mass is 32.1. The van der Waals surface area contributed by atoms with Gasteiger partial charge < -0.3 is 15.2 Å². The van der Waals surface area contributed by atoms with Crippen molar-refractivity contribution >= 4 is 34.2 Å². The molecule has 0 saturated heterocycles. The molecule has 1 aromatic rings. The zero-order valence-corrected chi connectivity index (χ0v) is 16.1. The summed E-state index contributed by atoms with van der Waals surface area (Å²) in [6, 6.07) is 0. The number of aliphatic carboxylic acids is 1. The van der Waals surface area contributed by atoms with Crippen molar-refractivity contribution in [1.29, 1.82) is 0 Å². The summed E-state index contributed by atoms with van der Waals surface area (Å²) >= 11 is 1.31. The quantitative estimate of drug-likeness (QED) is 0.606. The van der Waals surface area contributed by atoms with E-state index < -0.39 is 23.8 Å². The molecule has 0 spiro atoms. The Labute approximate surface area is 156 Å². The van der Waals surface area contributed by atoms with E-state index in [1.165, 1.54) is 11.3 Å². The molecule has 2 aliphatic carbocycles. The highest BCUT2D eigenvalue weighted by molar-refractivity contribution is 7.16. The van der Waals surface area contributed by atoms with Crippen LogP contribution in [0.15, 0.2) is 12.2 Å². The monoisotopic (exact) mass is 377 g/mol. The second-order valence-electron chi connectivity index (χ2n) is 7.27. The van der Waals surface area contributed by atoms with Crippen LogP contribution in [0.25, 0.3) is 0 Å². The van der Waals surface area contributed by atoms with Crippen molar-refractivity contribution in [2.45, 2.75) is 40.2 Å². The van der Waals surface area contributed by atoms with E-state index in [-0.39, 0.29) is 23.8 Å². The van der Waals surface area contributed by atoms with Gasteiger partial charge in [-0.1, -0.05) is 12.2 Å². The molecule has 2 N–H and O–H groups in total. The average molecular weight is 377 g/mol. The van der Waals surface area contributed by atoms with Crippen LogP contribution in [0.2, 0.25) is 0 Å². The maximum atomic E-state index is 12.9. The molecule has 2 bridgehead atoms. The molecule has 4 atom stereocenters. The number of ether oxygens (including phenoxy) is 1. The summed E-state index contributed by atoms with van der Waals surface area (Å²) in [5.41, 5.74) is 1.14. The van der Waals surface area contributed by atoms with Gasteiger partial charge in [0.05, 0.1) is 23.5 Å². The number of carboxylic acids is 1. The minimum absolute atomic E-state index is 0.0608. The van der Waals surface area contributed by atoms with Gasteiger partial charge in [0.2, 0.25) is 5.91 Å². The molecule has 1 heterocycles. The Morgan fingerprint density at radius 2 is 1.81 bits per heavy atom. The number of esters is 1. The Bertz CT molecular complexity index is 794. The summed E-state index contributed by atoms with van der Waals surface area (Å²) in [5.74, 6) is -3.23. The first-order valence-electron chi connectivity index (χ1n) is 8.73. The van der Waals surface area contributed by atoms with Gasteiger partial charge in [-0.25, -0.2) is 4.79 Å². The number of carbonyl (C=O) groups excluding carboxylic acids is 2. The number of allylic oxidation sites excluding steroid dienone is 2. The lowest BCUT2D eigenvalue weighted by Gasteiger charge is -2.23. The molecule has 26 heavy (non-hydrogen) atoms. The van der Waals surface area contributed by atoms with Gasteiger partial charge in [0, 0.05) is 4.88 Å². The fourth-order valence-electron chi connectivity index (χ4n) is 3.95. The number of fused-ring (bicyclic) bond motifs is 2. The van der Waals surface area contributed by atoms with Gasteiger partial charge in [0.1, 0.15) is 5.00 Å². The maximum absolute atomic E-state index is 12.9. The third-order valence-corrected chi connectivity index (χ3v) is 6.34. The summed E-state index contributed by atoms with van der Waals surface area (Å²) in [5, 5.41) is 12.8. The maximum Gasteiger partial charge on any atom is 0.341 e. The lowest BCUT2D eigenvalue weighted by atomic mass is 9.82. The Morgan fingerprint density at radius 3 is 2.38 bits per heavy atom. The van der Waals surface area contributed by atoms with Gasteiger partial charge in [-0.3, -0.25) is 9.59 Å². The highest BCUT2D eigenvalue weighted by Crippen LogP contribution is 2.48. The van der Waals surface area contributed by atoms with Gasteiger partial charge in [0.25, 0.3) is 0 Å². The Kier molecular flexibility index (Phi) is 4.92. The predicted octanol–water partition coefficient (Wildman–Crippen LogP) is 3.39. The summed E-state index contributed by atoms with van der Waals surface area (Å²) in [6.45, 7) is 7.23. The van der Waals surface area contributed by atoms with Crippen molar-refractivity contribution in [3.63, 3.8) is 0 Å². The molecular formula is C19H23NO5S. The molecule has 1 fully saturated rings. The largest absolute Gasteiger partial charge is 0.481 e. The first kappa shape index (κ1) is 18.6. The highest BCUT2D eigenvalue weighted by Gasteiger charge is 2.51. The van der Waals surface area contributed by atoms with Gasteiger partial charge in [-0.05, 0) is 51.5 Å². The summed E-state index contributed by atoms with van der Waals surface area (Å²) < 4.78 is 5.30.